The van der Waals surface area contributed by atoms with E-state index in [1.54, 1.807) is 0 Å². The molecule has 0 unspecified atom stereocenters. The average molecular weight is 382 g/mol. The Kier molecular flexibility index (Phi) is 18.0. The quantitative estimate of drug-likeness (QED) is 0.160. The van der Waals surface area contributed by atoms with Crippen LogP contribution in [-0.4, -0.2) is 44.6 Å². The normalized spacial score (nSPS) is 12.0. The van der Waals surface area contributed by atoms with Crippen molar-refractivity contribution in [1.82, 2.24) is 5.32 Å². The van der Waals surface area contributed by atoms with E-state index in [2.05, 4.69) is 45.5 Å². The van der Waals surface area contributed by atoms with Gasteiger partial charge < -0.3 is 9.80 Å². The molecule has 0 rings (SSSR count). The number of nitrogens with one attached hydrogen (secondary N) is 1. The van der Waals surface area contributed by atoms with E-state index >= 15 is 0 Å². The van der Waals surface area contributed by atoms with Crippen LogP contribution in [0.1, 0.15) is 103 Å². The van der Waals surface area contributed by atoms with Crippen molar-refractivity contribution < 1.29 is 9.28 Å². The summed E-state index contributed by atoms with van der Waals surface area (Å²) >= 11 is 0. The molecule has 0 radical (unpaired) electrons. The number of quaternary nitrogens is 1. The van der Waals surface area contributed by atoms with Crippen LogP contribution < -0.4 is 5.32 Å². The van der Waals surface area contributed by atoms with Gasteiger partial charge in [-0.1, -0.05) is 70.4 Å². The SMILES string of the molecule is CCCCCCCC/C=C\CCCCCCCC(=O)NCCC[N+](C)(C)C. The van der Waals surface area contributed by atoms with Crippen LogP contribution in [0.3, 0.4) is 0 Å². The molecule has 0 saturated heterocycles. The lowest BCUT2D eigenvalue weighted by atomic mass is 10.1. The highest BCUT2D eigenvalue weighted by Gasteiger charge is 2.06. The maximum atomic E-state index is 11.8. The van der Waals surface area contributed by atoms with E-state index < -0.39 is 0 Å². The summed E-state index contributed by atoms with van der Waals surface area (Å²) < 4.78 is 0.962. The molecule has 0 aromatic rings. The molecule has 0 spiro atoms. The number of allylic oxidation sites excluding steroid dienone is 2. The summed E-state index contributed by atoms with van der Waals surface area (Å²) in [5.74, 6) is 0.231. The van der Waals surface area contributed by atoms with Crippen LogP contribution in [0.4, 0.5) is 0 Å². The molecule has 0 fully saturated rings. The van der Waals surface area contributed by atoms with Crippen molar-refractivity contribution >= 4 is 5.91 Å². The zero-order valence-corrected chi connectivity index (χ0v) is 19.0. The molecule has 0 saturated carbocycles. The summed E-state index contributed by atoms with van der Waals surface area (Å²) in [6, 6.07) is 0. The predicted molar refractivity (Wildman–Crippen MR) is 120 cm³/mol. The van der Waals surface area contributed by atoms with Crippen molar-refractivity contribution in [3.05, 3.63) is 12.2 Å². The molecule has 0 aliphatic rings. The lowest BCUT2D eigenvalue weighted by Crippen LogP contribution is -2.37. The first-order chi connectivity index (χ1) is 13.0. The number of hydrogen-bond donors (Lipinski definition) is 1. The van der Waals surface area contributed by atoms with Crippen molar-refractivity contribution in [2.75, 3.05) is 34.2 Å². The van der Waals surface area contributed by atoms with Gasteiger partial charge >= 0.3 is 0 Å². The van der Waals surface area contributed by atoms with E-state index in [0.717, 1.165) is 30.4 Å². The predicted octanol–water partition coefficient (Wildman–Crippen LogP) is 6.24. The zero-order valence-electron chi connectivity index (χ0n) is 19.0. The summed E-state index contributed by atoms with van der Waals surface area (Å²) in [6.07, 6.45) is 23.4. The van der Waals surface area contributed by atoms with Crippen molar-refractivity contribution in [2.24, 2.45) is 0 Å². The molecular weight excluding hydrogens is 332 g/mol. The van der Waals surface area contributed by atoms with Crippen LogP contribution >= 0.6 is 0 Å². The van der Waals surface area contributed by atoms with Crippen molar-refractivity contribution in [2.45, 2.75) is 103 Å². The molecule has 3 nitrogen and oxygen atoms in total. The molecule has 1 N–H and O–H groups in total. The fourth-order valence-electron chi connectivity index (χ4n) is 3.23. The van der Waals surface area contributed by atoms with Gasteiger partial charge in [0.15, 0.2) is 0 Å². The second-order valence-electron chi connectivity index (χ2n) is 9.05. The zero-order chi connectivity index (χ0) is 20.2. The van der Waals surface area contributed by atoms with Gasteiger partial charge in [-0.3, -0.25) is 4.79 Å². The van der Waals surface area contributed by atoms with Gasteiger partial charge in [-0.05, 0) is 32.1 Å². The maximum absolute atomic E-state index is 11.8. The fourth-order valence-corrected chi connectivity index (χ4v) is 3.23. The minimum Gasteiger partial charge on any atom is -0.356 e. The summed E-state index contributed by atoms with van der Waals surface area (Å²) in [4.78, 5) is 11.8. The molecule has 0 aliphatic carbocycles. The Balaban J connectivity index is 3.26. The first-order valence-corrected chi connectivity index (χ1v) is 11.7. The van der Waals surface area contributed by atoms with E-state index in [-0.39, 0.29) is 5.91 Å². The van der Waals surface area contributed by atoms with Gasteiger partial charge in [-0.2, -0.15) is 0 Å². The summed E-state index contributed by atoms with van der Waals surface area (Å²) in [5, 5.41) is 3.05. The molecule has 0 aliphatic heterocycles. The van der Waals surface area contributed by atoms with Crippen LogP contribution in [0.5, 0.6) is 0 Å². The Labute approximate surface area is 170 Å². The number of nitrogens with zero attached hydrogens (tertiary/aromatic N) is 1. The Morgan fingerprint density at radius 3 is 1.81 bits per heavy atom. The van der Waals surface area contributed by atoms with E-state index in [1.165, 1.54) is 77.0 Å². The van der Waals surface area contributed by atoms with Crippen LogP contribution in [0, 0.1) is 0 Å². The highest BCUT2D eigenvalue weighted by atomic mass is 16.1. The fraction of sp³-hybridized carbons (Fsp3) is 0.875. The Hall–Kier alpha value is -0.830. The molecular formula is C24H49N2O+. The largest absolute Gasteiger partial charge is 0.356 e. The van der Waals surface area contributed by atoms with Crippen molar-refractivity contribution in [3.8, 4) is 0 Å². The van der Waals surface area contributed by atoms with Gasteiger partial charge in [0.2, 0.25) is 5.91 Å². The molecule has 0 heterocycles. The van der Waals surface area contributed by atoms with E-state index in [1.807, 2.05) is 0 Å². The number of hydrogen-bond acceptors (Lipinski definition) is 1. The molecule has 0 atom stereocenters. The average Bonchev–Trinajstić information content (AvgIpc) is 2.61. The first kappa shape index (κ1) is 26.2. The minimum atomic E-state index is 0.231. The minimum absolute atomic E-state index is 0.231. The monoisotopic (exact) mass is 381 g/mol. The standard InChI is InChI=1S/C24H48N2O/c1-5-6-7-8-9-10-11-12-13-14-15-16-17-18-19-21-24(27)25-22-20-23-26(2,3)4/h12-13H,5-11,14-23H2,1-4H3/p+1/b13-12-. The van der Waals surface area contributed by atoms with Crippen LogP contribution in [-0.2, 0) is 4.79 Å². The Bertz CT molecular complexity index is 358. The second kappa shape index (κ2) is 18.5. The van der Waals surface area contributed by atoms with Gasteiger partial charge in [-0.15, -0.1) is 0 Å². The number of amides is 1. The lowest BCUT2D eigenvalue weighted by molar-refractivity contribution is -0.870. The van der Waals surface area contributed by atoms with Crippen molar-refractivity contribution in [3.63, 3.8) is 0 Å². The van der Waals surface area contributed by atoms with Gasteiger partial charge in [0, 0.05) is 19.4 Å². The highest BCUT2D eigenvalue weighted by Crippen LogP contribution is 2.10. The summed E-state index contributed by atoms with van der Waals surface area (Å²) in [5.41, 5.74) is 0. The number of carbonyl (C=O) groups excluding carboxylic acids is 1. The molecule has 160 valence electrons. The van der Waals surface area contributed by atoms with Gasteiger partial charge in [0.25, 0.3) is 0 Å². The van der Waals surface area contributed by atoms with E-state index in [4.69, 9.17) is 0 Å². The summed E-state index contributed by atoms with van der Waals surface area (Å²) in [6.45, 7) is 4.20. The third-order valence-corrected chi connectivity index (χ3v) is 4.99. The van der Waals surface area contributed by atoms with Crippen molar-refractivity contribution in [1.29, 1.82) is 0 Å². The highest BCUT2D eigenvalue weighted by molar-refractivity contribution is 5.75. The maximum Gasteiger partial charge on any atom is 0.219 e. The van der Waals surface area contributed by atoms with E-state index in [9.17, 15) is 4.79 Å². The van der Waals surface area contributed by atoms with Gasteiger partial charge in [-0.25, -0.2) is 0 Å². The first-order valence-electron chi connectivity index (χ1n) is 11.7. The molecule has 0 bridgehead atoms. The molecule has 0 aromatic heterocycles. The molecule has 0 aromatic carbocycles. The topological polar surface area (TPSA) is 29.1 Å². The second-order valence-corrected chi connectivity index (χ2v) is 9.05. The molecule has 27 heavy (non-hydrogen) atoms. The van der Waals surface area contributed by atoms with Gasteiger partial charge in [0.1, 0.15) is 0 Å². The Morgan fingerprint density at radius 1 is 0.741 bits per heavy atom. The van der Waals surface area contributed by atoms with E-state index in [0.29, 0.717) is 6.42 Å². The van der Waals surface area contributed by atoms with Crippen LogP contribution in [0.15, 0.2) is 12.2 Å². The lowest BCUT2D eigenvalue weighted by Gasteiger charge is -2.23. The summed E-state index contributed by atoms with van der Waals surface area (Å²) in [7, 11) is 6.56. The number of carbonyl (C=O) groups is 1. The smallest absolute Gasteiger partial charge is 0.219 e. The third-order valence-electron chi connectivity index (χ3n) is 4.99. The molecule has 3 heteroatoms. The van der Waals surface area contributed by atoms with Crippen LogP contribution in [0.25, 0.3) is 0 Å². The third kappa shape index (κ3) is 23.1. The van der Waals surface area contributed by atoms with Crippen LogP contribution in [0.2, 0.25) is 0 Å². The number of unbranched alkanes of at least 4 members (excludes halogenated alkanes) is 11. The number of rotatable bonds is 19. The van der Waals surface area contributed by atoms with Gasteiger partial charge in [0.05, 0.1) is 27.7 Å². The molecule has 1 amide bonds. The Morgan fingerprint density at radius 2 is 1.26 bits per heavy atom.